The number of aliphatic hydroxyl groups is 1. The van der Waals surface area contributed by atoms with Crippen LogP contribution in [0.4, 0.5) is 17.6 Å². The number of benzene rings is 1. The standard InChI is InChI=1S/C14H15F4NO2/c1-19(7-14(21)4-2-3-5-14)13(20)8-6-9(15)11(17)12(18)10(8)16/h6,21H,2-5,7H2,1H3. The summed E-state index contributed by atoms with van der Waals surface area (Å²) in [5.41, 5.74) is -1.96. The Kier molecular flexibility index (Phi) is 4.22. The van der Waals surface area contributed by atoms with Crippen molar-refractivity contribution < 1.29 is 27.5 Å². The molecule has 1 saturated carbocycles. The number of amides is 1. The Morgan fingerprint density at radius 1 is 1.19 bits per heavy atom. The van der Waals surface area contributed by atoms with E-state index in [1.165, 1.54) is 7.05 Å². The van der Waals surface area contributed by atoms with E-state index in [1.54, 1.807) is 0 Å². The molecule has 0 heterocycles. The van der Waals surface area contributed by atoms with Crippen LogP contribution in [-0.4, -0.2) is 35.1 Å². The molecule has 1 aliphatic carbocycles. The molecule has 0 bridgehead atoms. The van der Waals surface area contributed by atoms with Crippen molar-refractivity contribution in [1.82, 2.24) is 4.90 Å². The van der Waals surface area contributed by atoms with Crippen LogP contribution in [-0.2, 0) is 0 Å². The first-order chi connectivity index (χ1) is 9.75. The van der Waals surface area contributed by atoms with Crippen LogP contribution < -0.4 is 0 Å². The minimum Gasteiger partial charge on any atom is -0.388 e. The molecule has 1 N–H and O–H groups in total. The molecule has 1 aromatic carbocycles. The van der Waals surface area contributed by atoms with E-state index in [-0.39, 0.29) is 6.54 Å². The zero-order valence-corrected chi connectivity index (χ0v) is 11.4. The molecule has 0 radical (unpaired) electrons. The first kappa shape index (κ1) is 15.8. The van der Waals surface area contributed by atoms with E-state index in [1.807, 2.05) is 0 Å². The minimum absolute atomic E-state index is 0.0775. The van der Waals surface area contributed by atoms with E-state index in [0.29, 0.717) is 18.9 Å². The van der Waals surface area contributed by atoms with Crippen LogP contribution >= 0.6 is 0 Å². The first-order valence-electron chi connectivity index (χ1n) is 6.56. The van der Waals surface area contributed by atoms with Crippen molar-refractivity contribution in [2.45, 2.75) is 31.3 Å². The second-order valence-electron chi connectivity index (χ2n) is 5.44. The summed E-state index contributed by atoms with van der Waals surface area (Å²) in [7, 11) is 1.29. The Morgan fingerprint density at radius 3 is 2.33 bits per heavy atom. The summed E-state index contributed by atoms with van der Waals surface area (Å²) in [6, 6.07) is 0.325. The van der Waals surface area contributed by atoms with Gasteiger partial charge in [0.15, 0.2) is 23.3 Å². The van der Waals surface area contributed by atoms with Crippen molar-refractivity contribution in [3.05, 3.63) is 34.9 Å². The number of rotatable bonds is 3. The van der Waals surface area contributed by atoms with Crippen molar-refractivity contribution in [3.8, 4) is 0 Å². The number of halogens is 4. The van der Waals surface area contributed by atoms with E-state index in [2.05, 4.69) is 0 Å². The zero-order valence-electron chi connectivity index (χ0n) is 11.4. The average Bonchev–Trinajstić information content (AvgIpc) is 2.86. The first-order valence-corrected chi connectivity index (χ1v) is 6.56. The lowest BCUT2D eigenvalue weighted by molar-refractivity contribution is 0.0154. The van der Waals surface area contributed by atoms with Crippen molar-refractivity contribution in [1.29, 1.82) is 0 Å². The lowest BCUT2D eigenvalue weighted by Gasteiger charge is -2.28. The van der Waals surface area contributed by atoms with Crippen LogP contribution in [0.3, 0.4) is 0 Å². The summed E-state index contributed by atoms with van der Waals surface area (Å²) in [5.74, 6) is -8.35. The highest BCUT2D eigenvalue weighted by Crippen LogP contribution is 2.30. The fraction of sp³-hybridized carbons (Fsp3) is 0.500. The molecule has 21 heavy (non-hydrogen) atoms. The van der Waals surface area contributed by atoms with E-state index < -0.39 is 40.3 Å². The van der Waals surface area contributed by atoms with Gasteiger partial charge in [-0.2, -0.15) is 0 Å². The van der Waals surface area contributed by atoms with Gasteiger partial charge in [-0.05, 0) is 18.9 Å². The smallest absolute Gasteiger partial charge is 0.256 e. The van der Waals surface area contributed by atoms with Crippen molar-refractivity contribution in [2.75, 3.05) is 13.6 Å². The third kappa shape index (κ3) is 3.02. The average molecular weight is 305 g/mol. The van der Waals surface area contributed by atoms with Gasteiger partial charge in [0.05, 0.1) is 11.2 Å². The quantitative estimate of drug-likeness (QED) is 0.530. The van der Waals surface area contributed by atoms with Crippen LogP contribution in [0.25, 0.3) is 0 Å². The second-order valence-corrected chi connectivity index (χ2v) is 5.44. The Hall–Kier alpha value is -1.63. The van der Waals surface area contributed by atoms with E-state index in [0.717, 1.165) is 17.7 Å². The van der Waals surface area contributed by atoms with Gasteiger partial charge in [-0.3, -0.25) is 4.79 Å². The Bertz CT molecular complexity index is 571. The molecule has 0 atom stereocenters. The van der Waals surface area contributed by atoms with Gasteiger partial charge in [0.2, 0.25) is 0 Å². The molecule has 0 unspecified atom stereocenters. The normalized spacial score (nSPS) is 17.0. The van der Waals surface area contributed by atoms with Gasteiger partial charge in [-0.1, -0.05) is 12.8 Å². The van der Waals surface area contributed by atoms with E-state index in [9.17, 15) is 27.5 Å². The maximum Gasteiger partial charge on any atom is 0.256 e. The lowest BCUT2D eigenvalue weighted by Crippen LogP contribution is -2.42. The Balaban J connectivity index is 2.24. The minimum atomic E-state index is -2.02. The summed E-state index contributed by atoms with van der Waals surface area (Å²) in [4.78, 5) is 13.0. The summed E-state index contributed by atoms with van der Waals surface area (Å²) in [6.07, 6.45) is 2.62. The maximum atomic E-state index is 13.6. The fourth-order valence-corrected chi connectivity index (χ4v) is 2.64. The third-order valence-electron chi connectivity index (χ3n) is 3.75. The predicted octanol–water partition coefficient (Wildman–Crippen LogP) is 2.62. The molecule has 1 aliphatic rings. The molecule has 2 rings (SSSR count). The molecule has 1 fully saturated rings. The van der Waals surface area contributed by atoms with Crippen LogP contribution in [0.1, 0.15) is 36.0 Å². The van der Waals surface area contributed by atoms with Crippen molar-refractivity contribution in [2.24, 2.45) is 0 Å². The molecule has 0 spiro atoms. The van der Waals surface area contributed by atoms with Crippen molar-refractivity contribution in [3.63, 3.8) is 0 Å². The number of carbonyl (C=O) groups excluding carboxylic acids is 1. The number of hydrogen-bond donors (Lipinski definition) is 1. The van der Waals surface area contributed by atoms with E-state index in [4.69, 9.17) is 0 Å². The largest absolute Gasteiger partial charge is 0.388 e. The molecule has 0 aliphatic heterocycles. The number of likely N-dealkylation sites (N-methyl/N-ethyl adjacent to an activating group) is 1. The van der Waals surface area contributed by atoms with Crippen molar-refractivity contribution >= 4 is 5.91 Å². The maximum absolute atomic E-state index is 13.6. The molecular formula is C14H15F4NO2. The highest BCUT2D eigenvalue weighted by atomic mass is 19.2. The monoisotopic (exact) mass is 305 g/mol. The third-order valence-corrected chi connectivity index (χ3v) is 3.75. The van der Waals surface area contributed by atoms with Crippen LogP contribution in [0.2, 0.25) is 0 Å². The molecule has 1 amide bonds. The number of carbonyl (C=O) groups is 1. The lowest BCUT2D eigenvalue weighted by atomic mass is 10.0. The molecule has 116 valence electrons. The molecule has 7 heteroatoms. The summed E-state index contributed by atoms with van der Waals surface area (Å²) < 4.78 is 52.7. The Morgan fingerprint density at radius 2 is 1.76 bits per heavy atom. The summed E-state index contributed by atoms with van der Waals surface area (Å²) in [5, 5.41) is 10.2. The van der Waals surface area contributed by atoms with Gasteiger partial charge < -0.3 is 10.0 Å². The predicted molar refractivity (Wildman–Crippen MR) is 66.7 cm³/mol. The number of hydrogen-bond acceptors (Lipinski definition) is 2. The van der Waals surface area contributed by atoms with Gasteiger partial charge in [-0.15, -0.1) is 0 Å². The molecule has 0 saturated heterocycles. The van der Waals surface area contributed by atoms with Gasteiger partial charge in [0.1, 0.15) is 0 Å². The second kappa shape index (κ2) is 5.63. The van der Waals surface area contributed by atoms with E-state index >= 15 is 0 Å². The summed E-state index contributed by atoms with van der Waals surface area (Å²) in [6.45, 7) is -0.0775. The molecule has 0 aromatic heterocycles. The van der Waals surface area contributed by atoms with Gasteiger partial charge in [0, 0.05) is 13.6 Å². The molecule has 3 nitrogen and oxygen atoms in total. The fourth-order valence-electron chi connectivity index (χ4n) is 2.64. The SMILES string of the molecule is CN(CC1(O)CCCC1)C(=O)c1cc(F)c(F)c(F)c1F. The Labute approximate surface area is 119 Å². The van der Waals surface area contributed by atoms with Crippen LogP contribution in [0.15, 0.2) is 6.07 Å². The van der Waals surface area contributed by atoms with Gasteiger partial charge in [-0.25, -0.2) is 17.6 Å². The highest BCUT2D eigenvalue weighted by Gasteiger charge is 2.34. The van der Waals surface area contributed by atoms with Gasteiger partial charge in [0.25, 0.3) is 5.91 Å². The van der Waals surface area contributed by atoms with Crippen LogP contribution in [0.5, 0.6) is 0 Å². The topological polar surface area (TPSA) is 40.5 Å². The number of nitrogens with zero attached hydrogens (tertiary/aromatic N) is 1. The summed E-state index contributed by atoms with van der Waals surface area (Å²) >= 11 is 0. The van der Waals surface area contributed by atoms with Gasteiger partial charge >= 0.3 is 0 Å². The van der Waals surface area contributed by atoms with Crippen LogP contribution in [0, 0.1) is 23.3 Å². The molecule has 1 aromatic rings. The molecular weight excluding hydrogens is 290 g/mol. The zero-order chi connectivity index (χ0) is 15.8. The highest BCUT2D eigenvalue weighted by molar-refractivity contribution is 5.94.